The van der Waals surface area contributed by atoms with Gasteiger partial charge in [-0.1, -0.05) is 11.8 Å². The molecule has 0 bridgehead atoms. The monoisotopic (exact) mass is 286 g/mol. The topological polar surface area (TPSA) is 55.1 Å². The fourth-order valence-electron chi connectivity index (χ4n) is 1.87. The van der Waals surface area contributed by atoms with Crippen molar-refractivity contribution in [1.82, 2.24) is 9.55 Å². The van der Waals surface area contributed by atoms with Crippen LogP contribution in [0.4, 0.5) is 4.39 Å². The number of hydrogen-bond donors (Lipinski definition) is 1. The molecule has 0 amide bonds. The maximum atomic E-state index is 13.6. The SMILES string of the molecule is Cc1cc(=O)n(Cc2cc(F)cc(C#CCCO)c2)cn1. The Morgan fingerprint density at radius 1 is 1.33 bits per heavy atom. The Kier molecular flexibility index (Phi) is 4.85. The molecule has 0 saturated carbocycles. The normalized spacial score (nSPS) is 10.0. The average molecular weight is 286 g/mol. The zero-order valence-corrected chi connectivity index (χ0v) is 11.6. The van der Waals surface area contributed by atoms with Crippen LogP contribution in [0.3, 0.4) is 0 Å². The number of aromatic nitrogens is 2. The van der Waals surface area contributed by atoms with E-state index in [2.05, 4.69) is 16.8 Å². The third kappa shape index (κ3) is 4.26. The standard InChI is InChI=1S/C16H15FN2O2/c1-12-6-16(21)19(11-18-12)10-14-7-13(4-2-3-5-20)8-15(17)9-14/h6-9,11,20H,3,5,10H2,1H3. The van der Waals surface area contributed by atoms with E-state index in [0.717, 1.165) is 0 Å². The molecule has 0 radical (unpaired) electrons. The molecule has 1 N–H and O–H groups in total. The summed E-state index contributed by atoms with van der Waals surface area (Å²) in [6.45, 7) is 1.95. The Balaban J connectivity index is 2.28. The molecule has 0 saturated heterocycles. The first-order chi connectivity index (χ1) is 10.1. The molecule has 0 fully saturated rings. The van der Waals surface area contributed by atoms with Crippen molar-refractivity contribution in [3.63, 3.8) is 0 Å². The third-order valence-electron chi connectivity index (χ3n) is 2.80. The molecule has 21 heavy (non-hydrogen) atoms. The van der Waals surface area contributed by atoms with Gasteiger partial charge in [-0.2, -0.15) is 0 Å². The van der Waals surface area contributed by atoms with Gasteiger partial charge in [-0.15, -0.1) is 0 Å². The number of benzene rings is 1. The van der Waals surface area contributed by atoms with Crippen LogP contribution in [-0.4, -0.2) is 21.3 Å². The van der Waals surface area contributed by atoms with Crippen LogP contribution in [0, 0.1) is 24.6 Å². The largest absolute Gasteiger partial charge is 0.395 e. The van der Waals surface area contributed by atoms with Crippen molar-refractivity contribution in [3.8, 4) is 11.8 Å². The predicted octanol–water partition coefficient (Wildman–Crippen LogP) is 1.47. The lowest BCUT2D eigenvalue weighted by molar-refractivity contribution is 0.305. The van der Waals surface area contributed by atoms with Crippen LogP contribution in [0.25, 0.3) is 0 Å². The van der Waals surface area contributed by atoms with Gasteiger partial charge in [-0.25, -0.2) is 9.37 Å². The van der Waals surface area contributed by atoms with E-state index in [9.17, 15) is 9.18 Å². The van der Waals surface area contributed by atoms with Gasteiger partial charge < -0.3 is 5.11 Å². The van der Waals surface area contributed by atoms with E-state index in [0.29, 0.717) is 23.2 Å². The van der Waals surface area contributed by atoms with Crippen LogP contribution >= 0.6 is 0 Å². The summed E-state index contributed by atoms with van der Waals surface area (Å²) in [6.07, 6.45) is 1.78. The molecule has 1 aromatic heterocycles. The minimum Gasteiger partial charge on any atom is -0.395 e. The number of aryl methyl sites for hydroxylation is 1. The number of rotatable bonds is 3. The van der Waals surface area contributed by atoms with E-state index in [4.69, 9.17) is 5.11 Å². The molecule has 5 heteroatoms. The molecule has 0 spiro atoms. The van der Waals surface area contributed by atoms with E-state index in [1.807, 2.05) is 0 Å². The summed E-state index contributed by atoms with van der Waals surface area (Å²) in [7, 11) is 0. The van der Waals surface area contributed by atoms with E-state index < -0.39 is 5.82 Å². The van der Waals surface area contributed by atoms with Crippen molar-refractivity contribution >= 4 is 0 Å². The first kappa shape index (κ1) is 14.9. The van der Waals surface area contributed by atoms with Crippen LogP contribution < -0.4 is 5.56 Å². The summed E-state index contributed by atoms with van der Waals surface area (Å²) < 4.78 is 15.0. The summed E-state index contributed by atoms with van der Waals surface area (Å²) in [5, 5.41) is 8.68. The van der Waals surface area contributed by atoms with E-state index in [-0.39, 0.29) is 18.7 Å². The second kappa shape index (κ2) is 6.82. The minimum absolute atomic E-state index is 0.0282. The maximum Gasteiger partial charge on any atom is 0.253 e. The second-order valence-corrected chi connectivity index (χ2v) is 4.62. The Labute approximate surface area is 121 Å². The van der Waals surface area contributed by atoms with Crippen molar-refractivity contribution in [3.05, 3.63) is 63.6 Å². The number of aliphatic hydroxyl groups excluding tert-OH is 1. The van der Waals surface area contributed by atoms with Gasteiger partial charge in [0.2, 0.25) is 0 Å². The molecule has 1 heterocycles. The highest BCUT2D eigenvalue weighted by Gasteiger charge is 2.03. The summed E-state index contributed by atoms with van der Waals surface area (Å²) >= 11 is 0. The third-order valence-corrected chi connectivity index (χ3v) is 2.80. The van der Waals surface area contributed by atoms with Gasteiger partial charge >= 0.3 is 0 Å². The van der Waals surface area contributed by atoms with E-state index in [1.165, 1.54) is 29.1 Å². The lowest BCUT2D eigenvalue weighted by Gasteiger charge is -2.06. The van der Waals surface area contributed by atoms with Crippen molar-refractivity contribution in [1.29, 1.82) is 0 Å². The molecule has 0 aliphatic rings. The number of halogens is 1. The second-order valence-electron chi connectivity index (χ2n) is 4.62. The summed E-state index contributed by atoms with van der Waals surface area (Å²) in [6, 6.07) is 5.84. The number of hydrogen-bond acceptors (Lipinski definition) is 3. The van der Waals surface area contributed by atoms with E-state index in [1.54, 1.807) is 13.0 Å². The smallest absolute Gasteiger partial charge is 0.253 e. The maximum absolute atomic E-state index is 13.6. The molecular weight excluding hydrogens is 271 g/mol. The fraction of sp³-hybridized carbons (Fsp3) is 0.250. The summed E-state index contributed by atoms with van der Waals surface area (Å²) in [5.74, 6) is 5.12. The highest BCUT2D eigenvalue weighted by atomic mass is 19.1. The molecule has 0 aliphatic carbocycles. The van der Waals surface area contributed by atoms with E-state index >= 15 is 0 Å². The van der Waals surface area contributed by atoms with Crippen LogP contribution in [0.1, 0.15) is 23.2 Å². The molecule has 108 valence electrons. The molecule has 1 aromatic carbocycles. The molecule has 2 aromatic rings. The van der Waals surface area contributed by atoms with Crippen molar-refractivity contribution < 1.29 is 9.50 Å². The van der Waals surface area contributed by atoms with Gasteiger partial charge in [-0.3, -0.25) is 9.36 Å². The molecular formula is C16H15FN2O2. The van der Waals surface area contributed by atoms with Crippen LogP contribution in [0.15, 0.2) is 35.4 Å². The van der Waals surface area contributed by atoms with Gasteiger partial charge in [0.1, 0.15) is 5.82 Å². The quantitative estimate of drug-likeness (QED) is 0.869. The molecule has 2 rings (SSSR count). The van der Waals surface area contributed by atoms with Gasteiger partial charge in [0.25, 0.3) is 5.56 Å². The van der Waals surface area contributed by atoms with Crippen LogP contribution in [0.2, 0.25) is 0 Å². The predicted molar refractivity (Wildman–Crippen MR) is 77.3 cm³/mol. The summed E-state index contributed by atoms with van der Waals surface area (Å²) in [5.41, 5.74) is 1.62. The molecule has 0 unspecified atom stereocenters. The highest BCUT2D eigenvalue weighted by Crippen LogP contribution is 2.09. The zero-order valence-electron chi connectivity index (χ0n) is 11.6. The number of nitrogens with zero attached hydrogens (tertiary/aromatic N) is 2. The highest BCUT2D eigenvalue weighted by molar-refractivity contribution is 5.37. The first-order valence-corrected chi connectivity index (χ1v) is 6.51. The van der Waals surface area contributed by atoms with Gasteiger partial charge in [0.15, 0.2) is 0 Å². The van der Waals surface area contributed by atoms with Gasteiger partial charge in [0.05, 0.1) is 19.5 Å². The van der Waals surface area contributed by atoms with Crippen LogP contribution in [0.5, 0.6) is 0 Å². The van der Waals surface area contributed by atoms with Crippen LogP contribution in [-0.2, 0) is 6.54 Å². The van der Waals surface area contributed by atoms with Gasteiger partial charge in [-0.05, 0) is 30.7 Å². The average Bonchev–Trinajstić information content (AvgIpc) is 2.42. The molecule has 0 atom stereocenters. The zero-order chi connectivity index (χ0) is 15.2. The molecule has 4 nitrogen and oxygen atoms in total. The fourth-order valence-corrected chi connectivity index (χ4v) is 1.87. The first-order valence-electron chi connectivity index (χ1n) is 6.51. The lowest BCUT2D eigenvalue weighted by atomic mass is 10.1. The minimum atomic E-state index is -0.408. The number of aliphatic hydroxyl groups is 1. The Hall–Kier alpha value is -2.45. The molecule has 0 aliphatic heterocycles. The Morgan fingerprint density at radius 3 is 2.86 bits per heavy atom. The van der Waals surface area contributed by atoms with Gasteiger partial charge in [0, 0.05) is 23.7 Å². The Morgan fingerprint density at radius 2 is 2.14 bits per heavy atom. The van der Waals surface area contributed by atoms with Crippen molar-refractivity contribution in [2.75, 3.05) is 6.61 Å². The lowest BCUT2D eigenvalue weighted by Crippen LogP contribution is -2.20. The summed E-state index contributed by atoms with van der Waals surface area (Å²) in [4.78, 5) is 15.9. The van der Waals surface area contributed by atoms with Crippen molar-refractivity contribution in [2.24, 2.45) is 0 Å². The van der Waals surface area contributed by atoms with Crippen molar-refractivity contribution in [2.45, 2.75) is 19.9 Å². The Bertz CT molecular complexity index is 757.